The first kappa shape index (κ1) is 11.4. The number of nitrogens with zero attached hydrogens (tertiary/aromatic N) is 1. The van der Waals surface area contributed by atoms with Gasteiger partial charge in [0.05, 0.1) is 6.54 Å². The van der Waals surface area contributed by atoms with E-state index in [-0.39, 0.29) is 5.91 Å². The summed E-state index contributed by atoms with van der Waals surface area (Å²) in [5.41, 5.74) is 0. The molecule has 1 amide bonds. The molecule has 0 atom stereocenters. The SMILES string of the molecule is CCN(C)CCNC(=O)CNC. The van der Waals surface area contributed by atoms with E-state index in [0.29, 0.717) is 6.54 Å². The van der Waals surface area contributed by atoms with Crippen molar-refractivity contribution in [2.75, 3.05) is 40.3 Å². The van der Waals surface area contributed by atoms with Crippen LogP contribution in [0.1, 0.15) is 6.92 Å². The van der Waals surface area contributed by atoms with Crippen LogP contribution < -0.4 is 10.6 Å². The van der Waals surface area contributed by atoms with E-state index >= 15 is 0 Å². The molecule has 0 bridgehead atoms. The lowest BCUT2D eigenvalue weighted by atomic mass is 10.5. The van der Waals surface area contributed by atoms with Gasteiger partial charge in [0.25, 0.3) is 0 Å². The maximum absolute atomic E-state index is 10.9. The quantitative estimate of drug-likeness (QED) is 0.557. The third kappa shape index (κ3) is 6.12. The molecule has 0 aromatic heterocycles. The zero-order chi connectivity index (χ0) is 9.40. The van der Waals surface area contributed by atoms with Gasteiger partial charge in [-0.15, -0.1) is 0 Å². The minimum atomic E-state index is 0.0574. The molecule has 0 saturated heterocycles. The van der Waals surface area contributed by atoms with Gasteiger partial charge in [-0.2, -0.15) is 0 Å². The molecule has 0 saturated carbocycles. The van der Waals surface area contributed by atoms with Gasteiger partial charge in [0.2, 0.25) is 5.91 Å². The van der Waals surface area contributed by atoms with E-state index in [2.05, 4.69) is 22.5 Å². The van der Waals surface area contributed by atoms with Crippen LogP contribution in [0.2, 0.25) is 0 Å². The molecule has 72 valence electrons. The third-order valence-corrected chi connectivity index (χ3v) is 1.69. The van der Waals surface area contributed by atoms with Gasteiger partial charge in [0.15, 0.2) is 0 Å². The lowest BCUT2D eigenvalue weighted by Gasteiger charge is -2.13. The van der Waals surface area contributed by atoms with Crippen LogP contribution in [0.4, 0.5) is 0 Å². The predicted octanol–water partition coefficient (Wildman–Crippen LogP) is -0.726. The Kier molecular flexibility index (Phi) is 6.70. The molecule has 2 N–H and O–H groups in total. The maximum atomic E-state index is 10.9. The summed E-state index contributed by atoms with van der Waals surface area (Å²) in [7, 11) is 3.79. The second-order valence-electron chi connectivity index (χ2n) is 2.78. The fraction of sp³-hybridized carbons (Fsp3) is 0.875. The van der Waals surface area contributed by atoms with Crippen molar-refractivity contribution in [2.24, 2.45) is 0 Å². The van der Waals surface area contributed by atoms with E-state index in [4.69, 9.17) is 0 Å². The number of likely N-dealkylation sites (N-methyl/N-ethyl adjacent to an activating group) is 2. The second-order valence-corrected chi connectivity index (χ2v) is 2.78. The average Bonchev–Trinajstić information content (AvgIpc) is 2.04. The van der Waals surface area contributed by atoms with Crippen molar-refractivity contribution in [3.63, 3.8) is 0 Å². The Balaban J connectivity index is 3.24. The number of amides is 1. The number of nitrogens with one attached hydrogen (secondary N) is 2. The molecular weight excluding hydrogens is 154 g/mol. The van der Waals surface area contributed by atoms with E-state index in [1.54, 1.807) is 7.05 Å². The molecule has 0 rings (SSSR count). The molecular formula is C8H19N3O. The standard InChI is InChI=1S/C8H19N3O/c1-4-11(3)6-5-10-8(12)7-9-2/h9H,4-7H2,1-3H3,(H,10,12). The Morgan fingerprint density at radius 1 is 1.50 bits per heavy atom. The van der Waals surface area contributed by atoms with Gasteiger partial charge in [-0.1, -0.05) is 6.92 Å². The van der Waals surface area contributed by atoms with Crippen LogP contribution in [0, 0.1) is 0 Å². The fourth-order valence-electron chi connectivity index (χ4n) is 0.767. The summed E-state index contributed by atoms with van der Waals surface area (Å²) in [6.07, 6.45) is 0. The fourth-order valence-corrected chi connectivity index (χ4v) is 0.767. The number of hydrogen-bond donors (Lipinski definition) is 2. The Bertz CT molecular complexity index is 127. The van der Waals surface area contributed by atoms with Crippen LogP contribution in [0.25, 0.3) is 0 Å². The zero-order valence-electron chi connectivity index (χ0n) is 8.18. The molecule has 0 aliphatic rings. The zero-order valence-corrected chi connectivity index (χ0v) is 8.18. The number of rotatable bonds is 6. The van der Waals surface area contributed by atoms with E-state index in [1.807, 2.05) is 7.05 Å². The van der Waals surface area contributed by atoms with Crippen LogP contribution in [0.15, 0.2) is 0 Å². The first-order chi connectivity index (χ1) is 5.70. The van der Waals surface area contributed by atoms with Gasteiger partial charge in [-0.05, 0) is 20.6 Å². The molecule has 0 aliphatic heterocycles. The largest absolute Gasteiger partial charge is 0.354 e. The molecule has 0 spiro atoms. The van der Waals surface area contributed by atoms with Gasteiger partial charge in [-0.25, -0.2) is 0 Å². The molecule has 0 aliphatic carbocycles. The smallest absolute Gasteiger partial charge is 0.233 e. The van der Waals surface area contributed by atoms with Crippen molar-refractivity contribution >= 4 is 5.91 Å². The Morgan fingerprint density at radius 2 is 2.17 bits per heavy atom. The molecule has 4 nitrogen and oxygen atoms in total. The highest BCUT2D eigenvalue weighted by atomic mass is 16.1. The van der Waals surface area contributed by atoms with Crippen molar-refractivity contribution in [3.8, 4) is 0 Å². The van der Waals surface area contributed by atoms with Gasteiger partial charge < -0.3 is 15.5 Å². The maximum Gasteiger partial charge on any atom is 0.233 e. The number of hydrogen-bond acceptors (Lipinski definition) is 3. The topological polar surface area (TPSA) is 44.4 Å². The van der Waals surface area contributed by atoms with Crippen LogP contribution in [0.5, 0.6) is 0 Å². The van der Waals surface area contributed by atoms with Gasteiger partial charge in [-0.3, -0.25) is 4.79 Å². The minimum Gasteiger partial charge on any atom is -0.354 e. The summed E-state index contributed by atoms with van der Waals surface area (Å²) >= 11 is 0. The Labute approximate surface area is 74.3 Å². The second kappa shape index (κ2) is 7.06. The van der Waals surface area contributed by atoms with Crippen molar-refractivity contribution in [2.45, 2.75) is 6.92 Å². The third-order valence-electron chi connectivity index (χ3n) is 1.69. The normalized spacial score (nSPS) is 10.3. The summed E-state index contributed by atoms with van der Waals surface area (Å²) in [5.74, 6) is 0.0574. The van der Waals surface area contributed by atoms with Crippen molar-refractivity contribution in [3.05, 3.63) is 0 Å². The highest BCUT2D eigenvalue weighted by molar-refractivity contribution is 5.77. The summed E-state index contributed by atoms with van der Waals surface area (Å²) in [6, 6.07) is 0. The van der Waals surface area contributed by atoms with Crippen molar-refractivity contribution < 1.29 is 4.79 Å². The predicted molar refractivity (Wildman–Crippen MR) is 50.1 cm³/mol. The molecule has 0 aromatic rings. The molecule has 12 heavy (non-hydrogen) atoms. The van der Waals surface area contributed by atoms with Crippen LogP contribution in [0.3, 0.4) is 0 Å². The molecule has 4 heteroatoms. The molecule has 0 aromatic carbocycles. The monoisotopic (exact) mass is 173 g/mol. The molecule has 0 fully saturated rings. The Morgan fingerprint density at radius 3 is 2.67 bits per heavy atom. The van der Waals surface area contributed by atoms with E-state index in [9.17, 15) is 4.79 Å². The van der Waals surface area contributed by atoms with Crippen molar-refractivity contribution in [1.82, 2.24) is 15.5 Å². The van der Waals surface area contributed by atoms with Crippen molar-refractivity contribution in [1.29, 1.82) is 0 Å². The summed E-state index contributed by atoms with van der Waals surface area (Å²) in [4.78, 5) is 13.1. The summed E-state index contributed by atoms with van der Waals surface area (Å²) in [5, 5.41) is 5.60. The van der Waals surface area contributed by atoms with E-state index in [1.165, 1.54) is 0 Å². The van der Waals surface area contributed by atoms with Gasteiger partial charge in [0, 0.05) is 13.1 Å². The molecule has 0 heterocycles. The van der Waals surface area contributed by atoms with Crippen LogP contribution in [-0.4, -0.2) is 51.1 Å². The summed E-state index contributed by atoms with van der Waals surface area (Å²) < 4.78 is 0. The van der Waals surface area contributed by atoms with Crippen LogP contribution >= 0.6 is 0 Å². The highest BCUT2D eigenvalue weighted by Crippen LogP contribution is 1.77. The first-order valence-corrected chi connectivity index (χ1v) is 4.30. The lowest BCUT2D eigenvalue weighted by Crippen LogP contribution is -2.37. The number of carbonyl (C=O) groups is 1. The highest BCUT2D eigenvalue weighted by Gasteiger charge is 1.98. The first-order valence-electron chi connectivity index (χ1n) is 4.30. The lowest BCUT2D eigenvalue weighted by molar-refractivity contribution is -0.120. The average molecular weight is 173 g/mol. The number of carbonyl (C=O) groups excluding carboxylic acids is 1. The van der Waals surface area contributed by atoms with Gasteiger partial charge >= 0.3 is 0 Å². The molecule has 0 unspecified atom stereocenters. The minimum absolute atomic E-state index is 0.0574. The molecule has 0 radical (unpaired) electrons. The van der Waals surface area contributed by atoms with E-state index < -0.39 is 0 Å². The summed E-state index contributed by atoms with van der Waals surface area (Å²) in [6.45, 7) is 5.14. The Hall–Kier alpha value is -0.610. The van der Waals surface area contributed by atoms with Crippen LogP contribution in [-0.2, 0) is 4.79 Å². The van der Waals surface area contributed by atoms with E-state index in [0.717, 1.165) is 19.6 Å². The van der Waals surface area contributed by atoms with Gasteiger partial charge in [0.1, 0.15) is 0 Å².